The Balaban J connectivity index is 1.46. The Morgan fingerprint density at radius 3 is 2.75 bits per heavy atom. The van der Waals surface area contributed by atoms with E-state index in [9.17, 15) is 9.59 Å². The first-order chi connectivity index (χ1) is 11.6. The summed E-state index contributed by atoms with van der Waals surface area (Å²) in [6.45, 7) is 0.594. The zero-order valence-corrected chi connectivity index (χ0v) is 13.9. The molecule has 2 unspecified atom stereocenters. The summed E-state index contributed by atoms with van der Waals surface area (Å²) in [7, 11) is 2.01. The molecule has 2 aromatic rings. The standard InChI is InChI=1S/C18H23N3O3/c1-21-15-6-3-2-5-14(15)20-16(21)7-4-10-19-17(22)12-8-9-13(11-12)18(23)24/h2-3,5-6,12-13H,4,7-11H2,1H3,(H,19,22)(H,23,24). The molecule has 0 spiro atoms. The second kappa shape index (κ2) is 7.03. The molecule has 1 aliphatic rings. The maximum atomic E-state index is 12.1. The lowest BCUT2D eigenvalue weighted by atomic mass is 10.0. The number of benzene rings is 1. The molecule has 3 rings (SSSR count). The number of amides is 1. The number of hydrogen-bond acceptors (Lipinski definition) is 3. The highest BCUT2D eigenvalue weighted by Crippen LogP contribution is 2.31. The molecule has 1 heterocycles. The van der Waals surface area contributed by atoms with Crippen LogP contribution in [-0.2, 0) is 23.1 Å². The van der Waals surface area contributed by atoms with E-state index in [0.717, 1.165) is 29.7 Å². The van der Waals surface area contributed by atoms with Crippen LogP contribution in [0.4, 0.5) is 0 Å². The van der Waals surface area contributed by atoms with Crippen LogP contribution in [0.3, 0.4) is 0 Å². The first-order valence-corrected chi connectivity index (χ1v) is 8.47. The highest BCUT2D eigenvalue weighted by atomic mass is 16.4. The lowest BCUT2D eigenvalue weighted by molar-refractivity contribution is -0.141. The van der Waals surface area contributed by atoms with Crippen LogP contribution in [0.2, 0.25) is 0 Å². The number of rotatable bonds is 6. The van der Waals surface area contributed by atoms with Crippen LogP contribution >= 0.6 is 0 Å². The minimum absolute atomic E-state index is 0.0104. The normalized spacial score (nSPS) is 20.4. The second-order valence-corrected chi connectivity index (χ2v) is 6.52. The fraction of sp³-hybridized carbons (Fsp3) is 0.500. The van der Waals surface area contributed by atoms with E-state index in [2.05, 4.69) is 14.9 Å². The maximum Gasteiger partial charge on any atom is 0.306 e. The highest BCUT2D eigenvalue weighted by Gasteiger charge is 2.33. The van der Waals surface area contributed by atoms with Crippen molar-refractivity contribution in [3.8, 4) is 0 Å². The summed E-state index contributed by atoms with van der Waals surface area (Å²) in [5.41, 5.74) is 2.10. The molecule has 0 bridgehead atoms. The Labute approximate surface area is 140 Å². The van der Waals surface area contributed by atoms with Crippen LogP contribution in [0.1, 0.15) is 31.5 Å². The quantitative estimate of drug-likeness (QED) is 0.795. The van der Waals surface area contributed by atoms with Crippen molar-refractivity contribution in [3.63, 3.8) is 0 Å². The molecular weight excluding hydrogens is 306 g/mol. The fourth-order valence-corrected chi connectivity index (χ4v) is 3.47. The van der Waals surface area contributed by atoms with E-state index < -0.39 is 5.97 Å². The minimum atomic E-state index is -0.785. The van der Waals surface area contributed by atoms with Crippen LogP contribution in [0, 0.1) is 11.8 Å². The number of nitrogens with one attached hydrogen (secondary N) is 1. The number of aromatic nitrogens is 2. The van der Waals surface area contributed by atoms with Gasteiger partial charge < -0.3 is 15.0 Å². The Hall–Kier alpha value is -2.37. The van der Waals surface area contributed by atoms with E-state index in [4.69, 9.17) is 5.11 Å². The molecule has 1 aromatic heterocycles. The third-order valence-electron chi connectivity index (χ3n) is 4.91. The average molecular weight is 329 g/mol. The molecule has 2 atom stereocenters. The lowest BCUT2D eigenvalue weighted by Gasteiger charge is -2.10. The van der Waals surface area contributed by atoms with E-state index >= 15 is 0 Å². The topological polar surface area (TPSA) is 84.2 Å². The van der Waals surface area contributed by atoms with E-state index in [-0.39, 0.29) is 17.7 Å². The fourth-order valence-electron chi connectivity index (χ4n) is 3.47. The smallest absolute Gasteiger partial charge is 0.306 e. The van der Waals surface area contributed by atoms with E-state index in [1.54, 1.807) is 0 Å². The van der Waals surface area contributed by atoms with Crippen molar-refractivity contribution in [3.05, 3.63) is 30.1 Å². The van der Waals surface area contributed by atoms with Gasteiger partial charge in [0.25, 0.3) is 0 Å². The predicted octanol–water partition coefficient (Wildman–Crippen LogP) is 2.12. The highest BCUT2D eigenvalue weighted by molar-refractivity contribution is 5.80. The van der Waals surface area contributed by atoms with Gasteiger partial charge in [-0.05, 0) is 37.8 Å². The largest absolute Gasteiger partial charge is 0.481 e. The van der Waals surface area contributed by atoms with Gasteiger partial charge in [0, 0.05) is 25.9 Å². The van der Waals surface area contributed by atoms with Crippen LogP contribution < -0.4 is 5.32 Å². The summed E-state index contributed by atoms with van der Waals surface area (Å²) >= 11 is 0. The van der Waals surface area contributed by atoms with Crippen LogP contribution in [0.15, 0.2) is 24.3 Å². The molecule has 0 saturated heterocycles. The SMILES string of the molecule is Cn1c(CCCNC(=O)C2CCC(C(=O)O)C2)nc2ccccc21. The molecule has 1 aliphatic carbocycles. The van der Waals surface area contributed by atoms with Gasteiger partial charge in [0.05, 0.1) is 17.0 Å². The van der Waals surface area contributed by atoms with Gasteiger partial charge in [0.2, 0.25) is 5.91 Å². The summed E-state index contributed by atoms with van der Waals surface area (Å²) in [6.07, 6.45) is 3.36. The number of hydrogen-bond donors (Lipinski definition) is 2. The molecule has 24 heavy (non-hydrogen) atoms. The van der Waals surface area contributed by atoms with Gasteiger partial charge >= 0.3 is 5.97 Å². The van der Waals surface area contributed by atoms with Crippen molar-refractivity contribution >= 4 is 22.9 Å². The summed E-state index contributed by atoms with van der Waals surface area (Å²) in [5.74, 6) is -0.296. The average Bonchev–Trinajstić information content (AvgIpc) is 3.18. The lowest BCUT2D eigenvalue weighted by Crippen LogP contribution is -2.30. The number of fused-ring (bicyclic) bond motifs is 1. The van der Waals surface area contributed by atoms with E-state index in [1.165, 1.54) is 0 Å². The molecule has 0 radical (unpaired) electrons. The molecule has 1 saturated carbocycles. The van der Waals surface area contributed by atoms with Crippen molar-refractivity contribution in [2.75, 3.05) is 6.54 Å². The van der Waals surface area contributed by atoms with Crippen molar-refractivity contribution < 1.29 is 14.7 Å². The minimum Gasteiger partial charge on any atom is -0.481 e. The number of carbonyl (C=O) groups is 2. The number of carboxylic acids is 1. The van der Waals surface area contributed by atoms with Gasteiger partial charge in [0.1, 0.15) is 5.82 Å². The summed E-state index contributed by atoms with van der Waals surface area (Å²) in [6, 6.07) is 8.03. The summed E-state index contributed by atoms with van der Waals surface area (Å²) < 4.78 is 2.09. The molecule has 0 aliphatic heterocycles. The number of para-hydroxylation sites is 2. The van der Waals surface area contributed by atoms with Crippen molar-refractivity contribution in [1.82, 2.24) is 14.9 Å². The number of carboxylic acid groups (broad SMARTS) is 1. The Bertz CT molecular complexity index is 753. The zero-order valence-electron chi connectivity index (χ0n) is 13.9. The Morgan fingerprint density at radius 2 is 2.04 bits per heavy atom. The number of aryl methyl sites for hydroxylation is 2. The first kappa shape index (κ1) is 16.5. The monoisotopic (exact) mass is 329 g/mol. The first-order valence-electron chi connectivity index (χ1n) is 8.47. The van der Waals surface area contributed by atoms with Crippen LogP contribution in [0.25, 0.3) is 11.0 Å². The number of imidazole rings is 1. The van der Waals surface area contributed by atoms with Crippen LogP contribution in [0.5, 0.6) is 0 Å². The number of nitrogens with zero attached hydrogens (tertiary/aromatic N) is 2. The van der Waals surface area contributed by atoms with Crippen molar-refractivity contribution in [2.45, 2.75) is 32.1 Å². The van der Waals surface area contributed by atoms with Gasteiger partial charge in [-0.3, -0.25) is 9.59 Å². The molecule has 2 N–H and O–H groups in total. The van der Waals surface area contributed by atoms with Gasteiger partial charge in [-0.25, -0.2) is 4.98 Å². The molecule has 1 aromatic carbocycles. The molecule has 1 fully saturated rings. The van der Waals surface area contributed by atoms with Gasteiger partial charge in [-0.2, -0.15) is 0 Å². The zero-order chi connectivity index (χ0) is 17.1. The van der Waals surface area contributed by atoms with E-state index in [0.29, 0.717) is 25.8 Å². The van der Waals surface area contributed by atoms with Crippen LogP contribution in [-0.4, -0.2) is 33.1 Å². The number of carbonyl (C=O) groups excluding carboxylic acids is 1. The van der Waals surface area contributed by atoms with Gasteiger partial charge in [0.15, 0.2) is 0 Å². The maximum absolute atomic E-state index is 12.1. The summed E-state index contributed by atoms with van der Waals surface area (Å²) in [5, 5.41) is 11.9. The third kappa shape index (κ3) is 3.42. The molecule has 6 heteroatoms. The molecular formula is C18H23N3O3. The van der Waals surface area contributed by atoms with Gasteiger partial charge in [-0.15, -0.1) is 0 Å². The second-order valence-electron chi connectivity index (χ2n) is 6.52. The number of aliphatic carboxylic acids is 1. The molecule has 128 valence electrons. The third-order valence-corrected chi connectivity index (χ3v) is 4.91. The molecule has 6 nitrogen and oxygen atoms in total. The Morgan fingerprint density at radius 1 is 1.29 bits per heavy atom. The molecule has 1 amide bonds. The van der Waals surface area contributed by atoms with E-state index in [1.807, 2.05) is 31.3 Å². The van der Waals surface area contributed by atoms with Crippen molar-refractivity contribution in [2.24, 2.45) is 18.9 Å². The van der Waals surface area contributed by atoms with Gasteiger partial charge in [-0.1, -0.05) is 12.1 Å². The van der Waals surface area contributed by atoms with Crippen molar-refractivity contribution in [1.29, 1.82) is 0 Å². The summed E-state index contributed by atoms with van der Waals surface area (Å²) in [4.78, 5) is 27.7. The predicted molar refractivity (Wildman–Crippen MR) is 90.5 cm³/mol. The Kier molecular flexibility index (Phi) is 4.83.